The van der Waals surface area contributed by atoms with Crippen molar-refractivity contribution in [2.24, 2.45) is 0 Å². The van der Waals surface area contributed by atoms with Gasteiger partial charge in [0.05, 0.1) is 12.7 Å². The monoisotopic (exact) mass is 196 g/mol. The van der Waals surface area contributed by atoms with Gasteiger partial charge in [-0.3, -0.25) is 4.79 Å². The van der Waals surface area contributed by atoms with Gasteiger partial charge in [-0.25, -0.2) is 0 Å². The molecule has 1 aromatic heterocycles. The second kappa shape index (κ2) is 3.82. The summed E-state index contributed by atoms with van der Waals surface area (Å²) in [5, 5.41) is 0. The number of rotatable bonds is 2. The molecule has 1 N–H and O–H groups in total. The number of H-pyrrole nitrogens is 1. The van der Waals surface area contributed by atoms with E-state index in [1.165, 1.54) is 6.07 Å². The number of hydrogen-bond acceptors (Lipinski definition) is 3. The summed E-state index contributed by atoms with van der Waals surface area (Å²) in [7, 11) is 0. The Morgan fingerprint density at radius 1 is 1.50 bits per heavy atom. The standard InChI is InChI=1S/C10H16N2O2/c1-5-14-8-6-7(13)11-9(12-8)10(2,3)4/h6H,5H2,1-4H3,(H,11,12,13). The maximum atomic E-state index is 11.3. The van der Waals surface area contributed by atoms with Crippen molar-refractivity contribution in [3.8, 4) is 5.88 Å². The van der Waals surface area contributed by atoms with Crippen LogP contribution in [0.2, 0.25) is 0 Å². The van der Waals surface area contributed by atoms with E-state index < -0.39 is 0 Å². The fourth-order valence-electron chi connectivity index (χ4n) is 1.01. The fraction of sp³-hybridized carbons (Fsp3) is 0.600. The SMILES string of the molecule is CCOc1cc(=O)[nH]c(C(C)(C)C)n1. The smallest absolute Gasteiger partial charge is 0.254 e. The molecule has 0 bridgehead atoms. The third-order valence-electron chi connectivity index (χ3n) is 1.72. The minimum Gasteiger partial charge on any atom is -0.478 e. The molecule has 0 fully saturated rings. The molecule has 0 aliphatic rings. The van der Waals surface area contributed by atoms with Gasteiger partial charge in [-0.15, -0.1) is 0 Å². The van der Waals surface area contributed by atoms with Crippen molar-refractivity contribution in [1.82, 2.24) is 9.97 Å². The highest BCUT2D eigenvalue weighted by molar-refractivity contribution is 5.12. The van der Waals surface area contributed by atoms with E-state index in [1.54, 1.807) is 0 Å². The molecule has 0 aromatic carbocycles. The number of hydrogen-bond donors (Lipinski definition) is 1. The second-order valence-electron chi connectivity index (χ2n) is 4.12. The largest absolute Gasteiger partial charge is 0.478 e. The molecule has 1 aromatic rings. The third kappa shape index (κ3) is 2.58. The summed E-state index contributed by atoms with van der Waals surface area (Å²) in [5.41, 5.74) is -0.347. The molecule has 0 aliphatic heterocycles. The lowest BCUT2D eigenvalue weighted by molar-refractivity contribution is 0.321. The predicted molar refractivity (Wildman–Crippen MR) is 54.7 cm³/mol. The molecule has 0 spiro atoms. The Labute approximate surface area is 83.3 Å². The van der Waals surface area contributed by atoms with E-state index in [0.29, 0.717) is 18.3 Å². The normalized spacial score (nSPS) is 11.4. The first-order valence-electron chi connectivity index (χ1n) is 4.68. The maximum absolute atomic E-state index is 11.3. The Morgan fingerprint density at radius 2 is 2.14 bits per heavy atom. The fourth-order valence-corrected chi connectivity index (χ4v) is 1.01. The highest BCUT2D eigenvalue weighted by Crippen LogP contribution is 2.18. The van der Waals surface area contributed by atoms with Crippen LogP contribution in [-0.2, 0) is 5.41 Å². The van der Waals surface area contributed by atoms with Gasteiger partial charge in [-0.2, -0.15) is 4.98 Å². The molecule has 1 heterocycles. The Bertz CT molecular complexity index is 363. The molecule has 4 nitrogen and oxygen atoms in total. The summed E-state index contributed by atoms with van der Waals surface area (Å²) in [5.74, 6) is 1.04. The number of aromatic nitrogens is 2. The van der Waals surface area contributed by atoms with Crippen LogP contribution in [0.15, 0.2) is 10.9 Å². The van der Waals surface area contributed by atoms with Gasteiger partial charge >= 0.3 is 0 Å². The van der Waals surface area contributed by atoms with Crippen LogP contribution in [-0.4, -0.2) is 16.6 Å². The lowest BCUT2D eigenvalue weighted by Crippen LogP contribution is -2.22. The lowest BCUT2D eigenvalue weighted by Gasteiger charge is -2.17. The highest BCUT2D eigenvalue weighted by Gasteiger charge is 2.17. The van der Waals surface area contributed by atoms with E-state index in [0.717, 1.165) is 0 Å². The van der Waals surface area contributed by atoms with Crippen LogP contribution in [0.5, 0.6) is 5.88 Å². The number of aromatic amines is 1. The van der Waals surface area contributed by atoms with Gasteiger partial charge in [0.1, 0.15) is 5.82 Å². The van der Waals surface area contributed by atoms with Crippen molar-refractivity contribution < 1.29 is 4.74 Å². The van der Waals surface area contributed by atoms with Crippen LogP contribution < -0.4 is 10.3 Å². The topological polar surface area (TPSA) is 55.0 Å². The molecular formula is C10H16N2O2. The molecule has 4 heteroatoms. The van der Waals surface area contributed by atoms with E-state index in [2.05, 4.69) is 9.97 Å². The first-order chi connectivity index (χ1) is 6.43. The quantitative estimate of drug-likeness (QED) is 0.779. The zero-order chi connectivity index (χ0) is 10.8. The van der Waals surface area contributed by atoms with Crippen LogP contribution in [0.1, 0.15) is 33.5 Å². The molecule has 0 unspecified atom stereocenters. The van der Waals surface area contributed by atoms with Crippen LogP contribution in [0, 0.1) is 0 Å². The molecule has 0 aliphatic carbocycles. The molecule has 0 radical (unpaired) electrons. The van der Waals surface area contributed by atoms with E-state index in [-0.39, 0.29) is 11.0 Å². The van der Waals surface area contributed by atoms with Crippen molar-refractivity contribution in [1.29, 1.82) is 0 Å². The average molecular weight is 196 g/mol. The molecule has 0 atom stereocenters. The minimum atomic E-state index is -0.174. The van der Waals surface area contributed by atoms with Crippen molar-refractivity contribution in [3.05, 3.63) is 22.2 Å². The number of nitrogens with one attached hydrogen (secondary N) is 1. The molecule has 78 valence electrons. The summed E-state index contributed by atoms with van der Waals surface area (Å²) in [6, 6.07) is 1.36. The van der Waals surface area contributed by atoms with Gasteiger partial charge in [0.2, 0.25) is 5.88 Å². The zero-order valence-electron chi connectivity index (χ0n) is 9.05. The van der Waals surface area contributed by atoms with Crippen LogP contribution >= 0.6 is 0 Å². The van der Waals surface area contributed by atoms with Gasteiger partial charge in [0.15, 0.2) is 0 Å². The molecule has 0 saturated carbocycles. The van der Waals surface area contributed by atoms with Crippen LogP contribution in [0.25, 0.3) is 0 Å². The first kappa shape index (κ1) is 10.8. The zero-order valence-corrected chi connectivity index (χ0v) is 9.05. The summed E-state index contributed by atoms with van der Waals surface area (Å²) < 4.78 is 5.19. The van der Waals surface area contributed by atoms with Gasteiger partial charge in [-0.1, -0.05) is 20.8 Å². The van der Waals surface area contributed by atoms with Crippen molar-refractivity contribution in [2.45, 2.75) is 33.1 Å². The minimum absolute atomic E-state index is 0.173. The summed E-state index contributed by atoms with van der Waals surface area (Å²) in [4.78, 5) is 18.2. The van der Waals surface area contributed by atoms with Gasteiger partial charge in [0, 0.05) is 5.41 Å². The van der Waals surface area contributed by atoms with Gasteiger partial charge < -0.3 is 9.72 Å². The third-order valence-corrected chi connectivity index (χ3v) is 1.72. The highest BCUT2D eigenvalue weighted by atomic mass is 16.5. The lowest BCUT2D eigenvalue weighted by atomic mass is 9.96. The Kier molecular flexibility index (Phi) is 2.93. The Hall–Kier alpha value is -1.32. The van der Waals surface area contributed by atoms with Crippen LogP contribution in [0.4, 0.5) is 0 Å². The Balaban J connectivity index is 3.14. The predicted octanol–water partition coefficient (Wildman–Crippen LogP) is 1.47. The van der Waals surface area contributed by atoms with Crippen molar-refractivity contribution >= 4 is 0 Å². The van der Waals surface area contributed by atoms with E-state index in [4.69, 9.17) is 4.74 Å². The average Bonchev–Trinajstić information content (AvgIpc) is 2.02. The summed E-state index contributed by atoms with van der Waals surface area (Å²) in [6.45, 7) is 8.34. The molecule has 0 amide bonds. The molecular weight excluding hydrogens is 180 g/mol. The van der Waals surface area contributed by atoms with Gasteiger partial charge in [0.25, 0.3) is 5.56 Å². The van der Waals surface area contributed by atoms with Crippen molar-refractivity contribution in [3.63, 3.8) is 0 Å². The summed E-state index contributed by atoms with van der Waals surface area (Å²) in [6.07, 6.45) is 0. The van der Waals surface area contributed by atoms with Crippen LogP contribution in [0.3, 0.4) is 0 Å². The maximum Gasteiger partial charge on any atom is 0.254 e. The number of ether oxygens (including phenoxy) is 1. The van der Waals surface area contributed by atoms with E-state index in [1.807, 2.05) is 27.7 Å². The Morgan fingerprint density at radius 3 is 2.64 bits per heavy atom. The van der Waals surface area contributed by atoms with Crippen molar-refractivity contribution in [2.75, 3.05) is 6.61 Å². The first-order valence-corrected chi connectivity index (χ1v) is 4.68. The van der Waals surface area contributed by atoms with Gasteiger partial charge in [-0.05, 0) is 6.92 Å². The summed E-state index contributed by atoms with van der Waals surface area (Å²) >= 11 is 0. The second-order valence-corrected chi connectivity index (χ2v) is 4.12. The van der Waals surface area contributed by atoms with E-state index in [9.17, 15) is 4.79 Å². The molecule has 0 saturated heterocycles. The van der Waals surface area contributed by atoms with E-state index >= 15 is 0 Å². The molecule has 1 rings (SSSR count). The molecule has 14 heavy (non-hydrogen) atoms. The number of nitrogens with zero attached hydrogens (tertiary/aromatic N) is 1.